The summed E-state index contributed by atoms with van der Waals surface area (Å²) in [4.78, 5) is 0. The van der Waals surface area contributed by atoms with E-state index in [1.54, 1.807) is 11.6 Å². The molecular formula is C21H21N5O2. The summed E-state index contributed by atoms with van der Waals surface area (Å²) >= 11 is 0. The van der Waals surface area contributed by atoms with Crippen LogP contribution in [0.2, 0.25) is 0 Å². The van der Waals surface area contributed by atoms with Crippen molar-refractivity contribution in [1.29, 1.82) is 0 Å². The van der Waals surface area contributed by atoms with Crippen LogP contribution >= 0.6 is 0 Å². The van der Waals surface area contributed by atoms with Crippen LogP contribution in [-0.4, -0.2) is 33.0 Å². The number of anilines is 2. The Hall–Kier alpha value is -3.61. The fourth-order valence-corrected chi connectivity index (χ4v) is 2.87. The Morgan fingerprint density at radius 2 is 1.75 bits per heavy atom. The highest BCUT2D eigenvalue weighted by Crippen LogP contribution is 2.32. The lowest BCUT2D eigenvalue weighted by Gasteiger charge is -2.15. The zero-order chi connectivity index (χ0) is 19.5. The van der Waals surface area contributed by atoms with Crippen LogP contribution in [0.3, 0.4) is 0 Å². The van der Waals surface area contributed by atoms with Gasteiger partial charge in [-0.25, -0.2) is 0 Å². The second-order valence-electron chi connectivity index (χ2n) is 6.54. The fraction of sp³-hybridized carbons (Fsp3) is 0.190. The zero-order valence-corrected chi connectivity index (χ0v) is 16.0. The largest absolute Gasteiger partial charge is 0.493 e. The van der Waals surface area contributed by atoms with Crippen LogP contribution in [0.15, 0.2) is 60.7 Å². The Morgan fingerprint density at radius 3 is 2.50 bits per heavy atom. The number of nitrogens with zero attached hydrogens (tertiary/aromatic N) is 4. The topological polar surface area (TPSA) is 73.6 Å². The fourth-order valence-electron chi connectivity index (χ4n) is 2.87. The van der Waals surface area contributed by atoms with E-state index in [0.717, 1.165) is 11.3 Å². The average Bonchev–Trinajstić information content (AvgIpc) is 3.12. The molecule has 0 amide bonds. The number of methoxy groups -OCH3 is 1. The predicted octanol–water partition coefficient (Wildman–Crippen LogP) is 4.33. The van der Waals surface area contributed by atoms with Crippen LogP contribution < -0.4 is 14.8 Å². The van der Waals surface area contributed by atoms with Gasteiger partial charge in [0.05, 0.1) is 13.2 Å². The Balaban J connectivity index is 1.65. The Morgan fingerprint density at radius 1 is 0.929 bits per heavy atom. The summed E-state index contributed by atoms with van der Waals surface area (Å²) < 4.78 is 12.9. The summed E-state index contributed by atoms with van der Waals surface area (Å²) in [6, 6.07) is 19.3. The first kappa shape index (κ1) is 17.8. The molecule has 28 heavy (non-hydrogen) atoms. The molecule has 0 unspecified atom stereocenters. The summed E-state index contributed by atoms with van der Waals surface area (Å²) in [7, 11) is 1.62. The van der Waals surface area contributed by atoms with Crippen molar-refractivity contribution in [3.8, 4) is 22.9 Å². The molecular weight excluding hydrogens is 354 g/mol. The highest BCUT2D eigenvalue weighted by Gasteiger charge is 2.11. The van der Waals surface area contributed by atoms with Crippen molar-refractivity contribution in [3.05, 3.63) is 60.7 Å². The van der Waals surface area contributed by atoms with E-state index in [0.29, 0.717) is 28.8 Å². The van der Waals surface area contributed by atoms with Gasteiger partial charge in [0.2, 0.25) is 0 Å². The van der Waals surface area contributed by atoms with Gasteiger partial charge in [-0.1, -0.05) is 30.3 Å². The highest BCUT2D eigenvalue weighted by molar-refractivity contribution is 5.63. The molecule has 4 aromatic rings. The van der Waals surface area contributed by atoms with Crippen LogP contribution in [0.1, 0.15) is 13.8 Å². The maximum atomic E-state index is 5.76. The number of hydrogen-bond acceptors (Lipinski definition) is 6. The first-order valence-corrected chi connectivity index (χ1v) is 9.03. The lowest BCUT2D eigenvalue weighted by Crippen LogP contribution is -2.07. The van der Waals surface area contributed by atoms with E-state index in [4.69, 9.17) is 9.47 Å². The van der Waals surface area contributed by atoms with Crippen LogP contribution in [0.4, 0.5) is 11.5 Å². The van der Waals surface area contributed by atoms with E-state index < -0.39 is 0 Å². The Labute approximate surface area is 162 Å². The summed E-state index contributed by atoms with van der Waals surface area (Å²) in [6.07, 6.45) is 0.0712. The van der Waals surface area contributed by atoms with E-state index >= 15 is 0 Å². The Bertz CT molecular complexity index is 1090. The molecule has 0 radical (unpaired) electrons. The number of benzene rings is 2. The molecule has 1 N–H and O–H groups in total. The number of fused-ring (bicyclic) bond motifs is 1. The molecule has 0 fully saturated rings. The number of nitrogens with one attached hydrogen (secondary N) is 1. The van der Waals surface area contributed by atoms with Gasteiger partial charge in [-0.15, -0.1) is 15.3 Å². The van der Waals surface area contributed by atoms with Crippen LogP contribution in [0, 0.1) is 0 Å². The lowest BCUT2D eigenvalue weighted by molar-refractivity contribution is 0.230. The zero-order valence-electron chi connectivity index (χ0n) is 16.0. The van der Waals surface area contributed by atoms with E-state index in [1.807, 2.05) is 74.5 Å². The third-order valence-corrected chi connectivity index (χ3v) is 4.09. The molecule has 0 saturated heterocycles. The van der Waals surface area contributed by atoms with Crippen molar-refractivity contribution in [2.45, 2.75) is 20.0 Å². The first-order valence-electron chi connectivity index (χ1n) is 9.03. The van der Waals surface area contributed by atoms with Gasteiger partial charge in [0.25, 0.3) is 0 Å². The van der Waals surface area contributed by atoms with Crippen molar-refractivity contribution in [1.82, 2.24) is 19.8 Å². The smallest absolute Gasteiger partial charge is 0.185 e. The molecule has 2 aromatic heterocycles. The van der Waals surface area contributed by atoms with Gasteiger partial charge >= 0.3 is 0 Å². The molecule has 0 spiro atoms. The number of hydrogen-bond donors (Lipinski definition) is 1. The summed E-state index contributed by atoms with van der Waals surface area (Å²) in [5, 5.41) is 16.4. The van der Waals surface area contributed by atoms with E-state index in [2.05, 4.69) is 20.6 Å². The van der Waals surface area contributed by atoms with E-state index in [9.17, 15) is 0 Å². The van der Waals surface area contributed by atoms with Crippen LogP contribution in [-0.2, 0) is 0 Å². The van der Waals surface area contributed by atoms with Gasteiger partial charge in [-0.3, -0.25) is 0 Å². The average molecular weight is 375 g/mol. The predicted molar refractivity (Wildman–Crippen MR) is 108 cm³/mol. The van der Waals surface area contributed by atoms with Crippen molar-refractivity contribution >= 4 is 17.2 Å². The standard InChI is InChI=1S/C21H21N5O2/c1-14(2)28-17-10-9-16(13-18(17)27-3)22-19-11-12-20-23-24-21(26(20)25-19)15-7-5-4-6-8-15/h4-14H,1-3H3,(H,22,25). The van der Waals surface area contributed by atoms with Gasteiger partial charge in [-0.05, 0) is 38.1 Å². The molecule has 7 nitrogen and oxygen atoms in total. The molecule has 0 aliphatic carbocycles. The molecule has 0 aliphatic heterocycles. The maximum absolute atomic E-state index is 5.76. The SMILES string of the molecule is COc1cc(Nc2ccc3nnc(-c4ccccc4)n3n2)ccc1OC(C)C. The highest BCUT2D eigenvalue weighted by atomic mass is 16.5. The van der Waals surface area contributed by atoms with E-state index in [-0.39, 0.29) is 6.10 Å². The normalized spacial score (nSPS) is 11.0. The molecule has 2 aromatic carbocycles. The summed E-state index contributed by atoms with van der Waals surface area (Å²) in [5.74, 6) is 2.73. The molecule has 0 saturated carbocycles. The molecule has 7 heteroatoms. The molecule has 0 atom stereocenters. The number of ether oxygens (including phenoxy) is 2. The molecule has 2 heterocycles. The van der Waals surface area contributed by atoms with Crippen LogP contribution in [0.25, 0.3) is 17.0 Å². The van der Waals surface area contributed by atoms with Gasteiger partial charge in [0.1, 0.15) is 0 Å². The third-order valence-electron chi connectivity index (χ3n) is 4.09. The minimum atomic E-state index is 0.0712. The summed E-state index contributed by atoms with van der Waals surface area (Å²) in [5.41, 5.74) is 2.48. The number of aromatic nitrogens is 4. The van der Waals surface area contributed by atoms with Crippen LogP contribution in [0.5, 0.6) is 11.5 Å². The third kappa shape index (κ3) is 3.59. The monoisotopic (exact) mass is 375 g/mol. The van der Waals surface area contributed by atoms with Gasteiger partial charge in [0.15, 0.2) is 28.8 Å². The van der Waals surface area contributed by atoms with Gasteiger partial charge < -0.3 is 14.8 Å². The number of rotatable bonds is 6. The molecule has 142 valence electrons. The minimum absolute atomic E-state index is 0.0712. The van der Waals surface area contributed by atoms with Gasteiger partial charge in [0, 0.05) is 17.3 Å². The maximum Gasteiger partial charge on any atom is 0.185 e. The summed E-state index contributed by atoms with van der Waals surface area (Å²) in [6.45, 7) is 3.96. The van der Waals surface area contributed by atoms with Crippen molar-refractivity contribution in [3.63, 3.8) is 0 Å². The van der Waals surface area contributed by atoms with Crippen molar-refractivity contribution in [2.75, 3.05) is 12.4 Å². The van der Waals surface area contributed by atoms with Gasteiger partial charge in [-0.2, -0.15) is 4.52 Å². The van der Waals surface area contributed by atoms with Crippen molar-refractivity contribution in [2.24, 2.45) is 0 Å². The Kier molecular flexibility index (Phi) is 4.80. The molecule has 0 aliphatic rings. The second kappa shape index (κ2) is 7.56. The second-order valence-corrected chi connectivity index (χ2v) is 6.54. The quantitative estimate of drug-likeness (QED) is 0.541. The first-order chi connectivity index (χ1) is 13.6. The van der Waals surface area contributed by atoms with Crippen molar-refractivity contribution < 1.29 is 9.47 Å². The molecule has 4 rings (SSSR count). The molecule has 0 bridgehead atoms. The lowest BCUT2D eigenvalue weighted by atomic mass is 10.2. The van der Waals surface area contributed by atoms with E-state index in [1.165, 1.54) is 0 Å². The minimum Gasteiger partial charge on any atom is -0.493 e.